The Morgan fingerprint density at radius 1 is 0.850 bits per heavy atom. The van der Waals surface area contributed by atoms with Crippen molar-refractivity contribution < 1.29 is 28.5 Å². The summed E-state index contributed by atoms with van der Waals surface area (Å²) >= 11 is 3.51. The van der Waals surface area contributed by atoms with Crippen molar-refractivity contribution in [3.05, 3.63) is 71.8 Å². The van der Waals surface area contributed by atoms with Gasteiger partial charge in [0.1, 0.15) is 18.3 Å². The SMILES string of the molecule is CCSC(SCC)[C@H](OCc1ccccc1)[C@@H](OCc1ccccc1)[C@H](O)[C@@H](O[Si](C)(C)C(C)(C)C)C(=O)OC. The van der Waals surface area contributed by atoms with E-state index in [1.54, 1.807) is 23.5 Å². The Morgan fingerprint density at radius 3 is 1.70 bits per heavy atom. The molecule has 0 radical (unpaired) electrons. The molecule has 0 saturated heterocycles. The Hall–Kier alpha value is -1.33. The summed E-state index contributed by atoms with van der Waals surface area (Å²) in [4.78, 5) is 13.2. The lowest BCUT2D eigenvalue weighted by atomic mass is 10.0. The van der Waals surface area contributed by atoms with Crippen LogP contribution in [0, 0.1) is 0 Å². The van der Waals surface area contributed by atoms with Crippen molar-refractivity contribution in [2.75, 3.05) is 18.6 Å². The molecule has 4 atom stereocenters. The van der Waals surface area contributed by atoms with Gasteiger partial charge in [-0.25, -0.2) is 4.79 Å². The van der Waals surface area contributed by atoms with E-state index in [-0.39, 0.29) is 16.2 Å². The van der Waals surface area contributed by atoms with Gasteiger partial charge in [-0.05, 0) is 40.8 Å². The molecule has 0 unspecified atom stereocenters. The first-order chi connectivity index (χ1) is 18.9. The van der Waals surface area contributed by atoms with Crippen molar-refractivity contribution in [3.63, 3.8) is 0 Å². The minimum Gasteiger partial charge on any atom is -0.467 e. The normalized spacial score (nSPS) is 15.4. The van der Waals surface area contributed by atoms with E-state index in [1.165, 1.54) is 7.11 Å². The van der Waals surface area contributed by atoms with Gasteiger partial charge in [-0.15, -0.1) is 23.5 Å². The van der Waals surface area contributed by atoms with Crippen molar-refractivity contribution in [1.29, 1.82) is 0 Å². The third kappa shape index (κ3) is 10.5. The first-order valence-corrected chi connectivity index (χ1v) is 18.9. The van der Waals surface area contributed by atoms with Crippen LogP contribution in [0.15, 0.2) is 60.7 Å². The molecular weight excluding hydrogens is 561 g/mol. The van der Waals surface area contributed by atoms with Crippen molar-refractivity contribution in [2.45, 2.75) is 95.0 Å². The van der Waals surface area contributed by atoms with Crippen LogP contribution in [0.1, 0.15) is 45.7 Å². The van der Waals surface area contributed by atoms with Gasteiger partial charge in [-0.3, -0.25) is 0 Å². The van der Waals surface area contributed by atoms with Crippen LogP contribution < -0.4 is 0 Å². The molecular formula is C31H48O6S2Si. The van der Waals surface area contributed by atoms with Gasteiger partial charge < -0.3 is 23.7 Å². The maximum absolute atomic E-state index is 13.2. The number of hydrogen-bond acceptors (Lipinski definition) is 8. The van der Waals surface area contributed by atoms with Gasteiger partial charge in [0.2, 0.25) is 0 Å². The van der Waals surface area contributed by atoms with E-state index < -0.39 is 38.7 Å². The van der Waals surface area contributed by atoms with Crippen LogP contribution in [0.5, 0.6) is 0 Å². The summed E-state index contributed by atoms with van der Waals surface area (Å²) in [7, 11) is -1.15. The number of carbonyl (C=O) groups is 1. The Kier molecular flexibility index (Phi) is 14.8. The number of aliphatic hydroxyl groups is 1. The molecule has 0 bridgehead atoms. The van der Waals surface area contributed by atoms with Crippen LogP contribution in [0.25, 0.3) is 0 Å². The highest BCUT2D eigenvalue weighted by Gasteiger charge is 2.48. The fourth-order valence-corrected chi connectivity index (χ4v) is 7.78. The topological polar surface area (TPSA) is 74.2 Å². The highest BCUT2D eigenvalue weighted by atomic mass is 32.2. The zero-order valence-corrected chi connectivity index (χ0v) is 27.9. The average molecular weight is 609 g/mol. The number of benzene rings is 2. The molecule has 9 heteroatoms. The van der Waals surface area contributed by atoms with E-state index in [9.17, 15) is 9.90 Å². The molecule has 0 spiro atoms. The van der Waals surface area contributed by atoms with Crippen LogP contribution in [0.3, 0.4) is 0 Å². The number of carbonyl (C=O) groups excluding carboxylic acids is 1. The molecule has 2 rings (SSSR count). The number of thioether (sulfide) groups is 2. The molecule has 0 aliphatic carbocycles. The standard InChI is InChI=1S/C31H48O6S2Si/c1-9-38-30(39-10-2)28(36-22-24-19-15-12-16-20-24)26(35-21-23-17-13-11-14-18-23)25(32)27(29(33)34-6)37-40(7,8)31(3,4)5/h11-20,25-28,30,32H,9-10,21-22H2,1-8H3/t25-,26-,27+,28+/m0/s1. The molecule has 2 aromatic carbocycles. The number of esters is 1. The Balaban J connectivity index is 2.54. The fraction of sp³-hybridized carbons (Fsp3) is 0.581. The van der Waals surface area contributed by atoms with Crippen LogP contribution >= 0.6 is 23.5 Å². The van der Waals surface area contributed by atoms with Crippen LogP contribution in [0.2, 0.25) is 18.1 Å². The molecule has 6 nitrogen and oxygen atoms in total. The Morgan fingerprint density at radius 2 is 1.30 bits per heavy atom. The largest absolute Gasteiger partial charge is 0.467 e. The second kappa shape index (κ2) is 16.9. The summed E-state index contributed by atoms with van der Waals surface area (Å²) in [6.45, 7) is 15.2. The van der Waals surface area contributed by atoms with E-state index >= 15 is 0 Å². The summed E-state index contributed by atoms with van der Waals surface area (Å²) in [6.07, 6.45) is -3.93. The van der Waals surface area contributed by atoms with Crippen molar-refractivity contribution in [1.82, 2.24) is 0 Å². The van der Waals surface area contributed by atoms with Crippen LogP contribution in [-0.4, -0.2) is 67.0 Å². The zero-order valence-electron chi connectivity index (χ0n) is 25.3. The van der Waals surface area contributed by atoms with Gasteiger partial charge in [0.25, 0.3) is 0 Å². The van der Waals surface area contributed by atoms with Crippen molar-refractivity contribution >= 4 is 37.8 Å². The smallest absolute Gasteiger partial charge is 0.336 e. The van der Waals surface area contributed by atoms with Gasteiger partial charge in [0, 0.05) is 0 Å². The molecule has 0 fully saturated rings. The van der Waals surface area contributed by atoms with E-state index in [0.717, 1.165) is 22.6 Å². The molecule has 2 aromatic rings. The quantitative estimate of drug-likeness (QED) is 0.118. The summed E-state index contributed by atoms with van der Waals surface area (Å²) in [5, 5.41) is 11.8. The van der Waals surface area contributed by atoms with E-state index in [1.807, 2.05) is 60.7 Å². The van der Waals surface area contributed by atoms with Gasteiger partial charge in [0.15, 0.2) is 14.4 Å². The molecule has 0 aromatic heterocycles. The third-order valence-electron chi connectivity index (χ3n) is 7.13. The molecule has 1 N–H and O–H groups in total. The second-order valence-corrected chi connectivity index (χ2v) is 19.0. The fourth-order valence-electron chi connectivity index (χ4n) is 3.86. The highest BCUT2D eigenvalue weighted by Crippen LogP contribution is 2.39. The van der Waals surface area contributed by atoms with Crippen molar-refractivity contribution in [3.8, 4) is 0 Å². The number of rotatable bonds is 17. The zero-order chi connectivity index (χ0) is 29.8. The van der Waals surface area contributed by atoms with Crippen LogP contribution in [0.4, 0.5) is 0 Å². The summed E-state index contributed by atoms with van der Waals surface area (Å²) in [6, 6.07) is 19.8. The maximum Gasteiger partial charge on any atom is 0.336 e. The number of ether oxygens (including phenoxy) is 3. The maximum atomic E-state index is 13.2. The molecule has 0 aliphatic rings. The monoisotopic (exact) mass is 608 g/mol. The molecule has 0 aliphatic heterocycles. The van der Waals surface area contributed by atoms with E-state index in [0.29, 0.717) is 6.61 Å². The molecule has 0 heterocycles. The minimum atomic E-state index is -2.47. The van der Waals surface area contributed by atoms with Crippen molar-refractivity contribution in [2.24, 2.45) is 0 Å². The second-order valence-electron chi connectivity index (χ2n) is 11.1. The van der Waals surface area contributed by atoms with Gasteiger partial charge in [-0.1, -0.05) is 95.3 Å². The average Bonchev–Trinajstić information content (AvgIpc) is 2.93. The van der Waals surface area contributed by atoms with E-state index in [4.69, 9.17) is 18.6 Å². The molecule has 0 saturated carbocycles. The molecule has 40 heavy (non-hydrogen) atoms. The minimum absolute atomic E-state index is 0.0414. The highest BCUT2D eigenvalue weighted by molar-refractivity contribution is 8.17. The predicted molar refractivity (Wildman–Crippen MR) is 170 cm³/mol. The molecule has 0 amide bonds. The predicted octanol–water partition coefficient (Wildman–Crippen LogP) is 6.91. The summed E-state index contributed by atoms with van der Waals surface area (Å²) in [5.41, 5.74) is 1.98. The Labute approximate surface area is 251 Å². The van der Waals surface area contributed by atoms with Gasteiger partial charge in [-0.2, -0.15) is 0 Å². The number of aliphatic hydroxyl groups excluding tert-OH is 1. The van der Waals surface area contributed by atoms with Gasteiger partial charge >= 0.3 is 5.97 Å². The lowest BCUT2D eigenvalue weighted by Crippen LogP contribution is -2.57. The van der Waals surface area contributed by atoms with E-state index in [2.05, 4.69) is 47.7 Å². The lowest BCUT2D eigenvalue weighted by Gasteiger charge is -2.42. The number of hydrogen-bond donors (Lipinski definition) is 1. The lowest BCUT2D eigenvalue weighted by molar-refractivity contribution is -0.175. The van der Waals surface area contributed by atoms with Crippen LogP contribution in [-0.2, 0) is 36.6 Å². The first-order valence-electron chi connectivity index (χ1n) is 13.9. The van der Waals surface area contributed by atoms with Gasteiger partial charge in [0.05, 0.1) is 24.9 Å². The number of methoxy groups -OCH3 is 1. The molecule has 224 valence electrons. The third-order valence-corrected chi connectivity index (χ3v) is 14.3. The Bertz CT molecular complexity index is 980. The first kappa shape index (κ1) is 34.9. The summed E-state index contributed by atoms with van der Waals surface area (Å²) < 4.78 is 24.8. The summed E-state index contributed by atoms with van der Waals surface area (Å²) in [5.74, 6) is 1.12.